The Bertz CT molecular complexity index is 1000. The fourth-order valence-electron chi connectivity index (χ4n) is 2.36. The molecule has 0 aliphatic carbocycles. The van der Waals surface area contributed by atoms with E-state index >= 15 is 0 Å². The van der Waals surface area contributed by atoms with Crippen LogP contribution in [0, 0.1) is 17.1 Å². The molecule has 0 heterocycles. The molecule has 0 aromatic heterocycles. The number of halogens is 1. The predicted molar refractivity (Wildman–Crippen MR) is 109 cm³/mol. The Morgan fingerprint density at radius 1 is 1.03 bits per heavy atom. The fourth-order valence-corrected chi connectivity index (χ4v) is 2.36. The Labute approximate surface area is 173 Å². The Morgan fingerprint density at radius 3 is 2.37 bits per heavy atom. The van der Waals surface area contributed by atoms with Gasteiger partial charge >= 0.3 is 11.9 Å². The minimum Gasteiger partial charge on any atom is -0.490 e. The lowest BCUT2D eigenvalue weighted by Crippen LogP contribution is -2.07. The van der Waals surface area contributed by atoms with Crippen molar-refractivity contribution in [3.8, 4) is 17.6 Å². The van der Waals surface area contributed by atoms with Gasteiger partial charge in [-0.25, -0.2) is 14.0 Å². The van der Waals surface area contributed by atoms with E-state index in [-0.39, 0.29) is 29.5 Å². The monoisotopic (exact) mass is 409 g/mol. The maximum Gasteiger partial charge on any atom is 0.348 e. The van der Waals surface area contributed by atoms with Crippen LogP contribution in [0.5, 0.6) is 11.5 Å². The van der Waals surface area contributed by atoms with E-state index in [0.29, 0.717) is 17.7 Å². The zero-order chi connectivity index (χ0) is 21.9. The van der Waals surface area contributed by atoms with Crippen molar-refractivity contribution >= 4 is 24.1 Å². The molecule has 0 aliphatic heterocycles. The van der Waals surface area contributed by atoms with Gasteiger partial charge in [0.15, 0.2) is 11.5 Å². The summed E-state index contributed by atoms with van der Waals surface area (Å²) in [6, 6.07) is 12.1. The minimum absolute atomic E-state index is 0.155. The van der Waals surface area contributed by atoms with Crippen molar-refractivity contribution in [3.63, 3.8) is 0 Å². The van der Waals surface area contributed by atoms with Crippen LogP contribution < -0.4 is 9.47 Å². The lowest BCUT2D eigenvalue weighted by molar-refractivity contribution is -0.138. The molecule has 0 atom stereocenters. The third-order valence-electron chi connectivity index (χ3n) is 3.69. The van der Waals surface area contributed by atoms with Gasteiger partial charge in [0.1, 0.15) is 17.5 Å². The molecule has 0 amide bonds. The summed E-state index contributed by atoms with van der Waals surface area (Å²) in [5, 5.41) is 9.15. The molecule has 7 heteroatoms. The van der Waals surface area contributed by atoms with Gasteiger partial charge in [0, 0.05) is 6.08 Å². The Balaban J connectivity index is 2.20. The van der Waals surface area contributed by atoms with E-state index in [2.05, 4.69) is 0 Å². The summed E-state index contributed by atoms with van der Waals surface area (Å²) in [5.41, 5.74) is 0.984. The van der Waals surface area contributed by atoms with Crippen molar-refractivity contribution in [2.75, 3.05) is 13.2 Å². The third kappa shape index (κ3) is 6.60. The molecule has 2 aromatic rings. The van der Waals surface area contributed by atoms with Crippen molar-refractivity contribution < 1.29 is 28.2 Å². The molecule has 0 aliphatic rings. The first kappa shape index (κ1) is 22.4. The second-order valence-corrected chi connectivity index (χ2v) is 5.84. The molecule has 0 radical (unpaired) electrons. The summed E-state index contributed by atoms with van der Waals surface area (Å²) in [5.74, 6) is -1.28. The summed E-state index contributed by atoms with van der Waals surface area (Å²) < 4.78 is 28.6. The smallest absolute Gasteiger partial charge is 0.348 e. The number of hydrogen-bond donors (Lipinski definition) is 0. The minimum atomic E-state index is -0.723. The fraction of sp³-hybridized carbons (Fsp3) is 0.174. The average molecular weight is 409 g/mol. The summed E-state index contributed by atoms with van der Waals surface area (Å²) in [7, 11) is 0. The lowest BCUT2D eigenvalue weighted by atomic mass is 10.1. The van der Waals surface area contributed by atoms with E-state index < -0.39 is 11.9 Å². The van der Waals surface area contributed by atoms with E-state index in [1.165, 1.54) is 48.6 Å². The number of ether oxygens (including phenoxy) is 3. The number of rotatable bonds is 8. The van der Waals surface area contributed by atoms with E-state index in [4.69, 9.17) is 19.5 Å². The molecule has 0 bridgehead atoms. The maximum atomic E-state index is 12.9. The number of benzene rings is 2. The van der Waals surface area contributed by atoms with Crippen molar-refractivity contribution in [2.24, 2.45) is 0 Å². The van der Waals surface area contributed by atoms with Gasteiger partial charge in [-0.15, -0.1) is 0 Å². The first-order valence-electron chi connectivity index (χ1n) is 9.18. The predicted octanol–water partition coefficient (Wildman–Crippen LogP) is 4.31. The molecule has 2 aromatic carbocycles. The molecule has 154 valence electrons. The molecule has 6 nitrogen and oxygen atoms in total. The highest BCUT2D eigenvalue weighted by atomic mass is 19.1. The third-order valence-corrected chi connectivity index (χ3v) is 3.69. The Morgan fingerprint density at radius 2 is 1.73 bits per heavy atom. The molecule has 0 fully saturated rings. The van der Waals surface area contributed by atoms with Crippen LogP contribution in [0.2, 0.25) is 0 Å². The maximum absolute atomic E-state index is 12.9. The van der Waals surface area contributed by atoms with E-state index in [9.17, 15) is 14.0 Å². The standard InChI is InChI=1S/C23H20FNO5/c1-3-28-21-14-17(13-18(15-25)23(27)29-4-2)7-11-20(21)30-22(26)12-8-16-5-9-19(24)10-6-16/h5-14H,3-4H2,1-2H3/b12-8+,18-13-. The average Bonchev–Trinajstić information content (AvgIpc) is 2.73. The Hall–Kier alpha value is -3.92. The molecule has 0 spiro atoms. The van der Waals surface area contributed by atoms with Gasteiger partial charge in [0.25, 0.3) is 0 Å². The SMILES string of the molecule is CCOC(=O)/C(C#N)=C\c1ccc(OC(=O)/C=C/c2ccc(F)cc2)c(OCC)c1. The highest BCUT2D eigenvalue weighted by Crippen LogP contribution is 2.29. The van der Waals surface area contributed by atoms with E-state index in [0.717, 1.165) is 0 Å². The van der Waals surface area contributed by atoms with Crippen LogP contribution in [0.1, 0.15) is 25.0 Å². The second-order valence-electron chi connectivity index (χ2n) is 5.84. The van der Waals surface area contributed by atoms with Gasteiger partial charge in [-0.2, -0.15) is 5.26 Å². The zero-order valence-electron chi connectivity index (χ0n) is 16.6. The van der Waals surface area contributed by atoms with Crippen LogP contribution in [0.15, 0.2) is 54.1 Å². The van der Waals surface area contributed by atoms with Crippen LogP contribution in [-0.2, 0) is 14.3 Å². The number of carbonyl (C=O) groups is 2. The summed E-state index contributed by atoms with van der Waals surface area (Å²) in [6.45, 7) is 3.88. The van der Waals surface area contributed by atoms with Gasteiger partial charge in [-0.3, -0.25) is 0 Å². The molecular weight excluding hydrogens is 389 g/mol. The van der Waals surface area contributed by atoms with Crippen LogP contribution in [0.4, 0.5) is 4.39 Å². The van der Waals surface area contributed by atoms with Gasteiger partial charge in [-0.05, 0) is 61.4 Å². The Kier molecular flexibility index (Phi) is 8.33. The quantitative estimate of drug-likeness (QED) is 0.279. The van der Waals surface area contributed by atoms with Crippen molar-refractivity contribution in [2.45, 2.75) is 13.8 Å². The number of esters is 2. The van der Waals surface area contributed by atoms with Crippen LogP contribution in [-0.4, -0.2) is 25.2 Å². The normalized spacial score (nSPS) is 11.1. The zero-order valence-corrected chi connectivity index (χ0v) is 16.6. The molecule has 0 saturated carbocycles. The molecule has 0 unspecified atom stereocenters. The molecule has 30 heavy (non-hydrogen) atoms. The van der Waals surface area contributed by atoms with Gasteiger partial charge in [0.2, 0.25) is 0 Å². The number of nitriles is 1. The summed E-state index contributed by atoms with van der Waals surface area (Å²) in [4.78, 5) is 23.9. The van der Waals surface area contributed by atoms with Crippen LogP contribution >= 0.6 is 0 Å². The number of carbonyl (C=O) groups excluding carboxylic acids is 2. The summed E-state index contributed by atoms with van der Waals surface area (Å²) >= 11 is 0. The topological polar surface area (TPSA) is 85.6 Å². The van der Waals surface area contributed by atoms with Crippen LogP contribution in [0.25, 0.3) is 12.2 Å². The van der Waals surface area contributed by atoms with E-state index in [1.807, 2.05) is 0 Å². The van der Waals surface area contributed by atoms with Gasteiger partial charge in [0.05, 0.1) is 13.2 Å². The highest BCUT2D eigenvalue weighted by molar-refractivity contribution is 5.98. The largest absolute Gasteiger partial charge is 0.490 e. The van der Waals surface area contributed by atoms with E-state index in [1.54, 1.807) is 32.0 Å². The number of nitrogens with zero attached hydrogens (tertiary/aromatic N) is 1. The molecule has 0 N–H and O–H groups in total. The van der Waals surface area contributed by atoms with Crippen LogP contribution in [0.3, 0.4) is 0 Å². The number of hydrogen-bond acceptors (Lipinski definition) is 6. The molecule has 0 saturated heterocycles. The van der Waals surface area contributed by atoms with Crippen molar-refractivity contribution in [1.29, 1.82) is 5.26 Å². The second kappa shape index (κ2) is 11.2. The van der Waals surface area contributed by atoms with Gasteiger partial charge < -0.3 is 14.2 Å². The van der Waals surface area contributed by atoms with Crippen molar-refractivity contribution in [1.82, 2.24) is 0 Å². The first-order valence-corrected chi connectivity index (χ1v) is 9.18. The lowest BCUT2D eigenvalue weighted by Gasteiger charge is -2.10. The van der Waals surface area contributed by atoms with Gasteiger partial charge in [-0.1, -0.05) is 18.2 Å². The first-order chi connectivity index (χ1) is 14.5. The molecular formula is C23H20FNO5. The summed E-state index contributed by atoms with van der Waals surface area (Å²) in [6.07, 6.45) is 4.07. The molecule has 2 rings (SSSR count). The highest BCUT2D eigenvalue weighted by Gasteiger charge is 2.13. The van der Waals surface area contributed by atoms with Crippen molar-refractivity contribution in [3.05, 3.63) is 71.1 Å².